The molecular formula is C49H50HfNO-3. The van der Waals surface area contributed by atoms with Crippen LogP contribution in [0.4, 0.5) is 0 Å². The first-order chi connectivity index (χ1) is 24.8. The van der Waals surface area contributed by atoms with E-state index in [2.05, 4.69) is 69.1 Å². The third kappa shape index (κ3) is 9.89. The summed E-state index contributed by atoms with van der Waals surface area (Å²) < 4.78 is 0. The smallest absolute Gasteiger partial charge is 0.127 e. The molecule has 52 heavy (non-hydrogen) atoms. The number of phenols is 1. The molecule has 10 rings (SSSR count). The van der Waals surface area contributed by atoms with Crippen molar-refractivity contribution in [2.45, 2.75) is 50.9 Å². The van der Waals surface area contributed by atoms with Gasteiger partial charge in [0.05, 0.1) is 5.69 Å². The molecule has 3 heteroatoms. The molecule has 4 bridgehead atoms. The number of phenolic OH excluding ortho intramolecular Hbond substituents is 1. The van der Waals surface area contributed by atoms with Gasteiger partial charge in [0.15, 0.2) is 0 Å². The predicted octanol–water partition coefficient (Wildman–Crippen LogP) is 12.5. The van der Waals surface area contributed by atoms with Crippen molar-refractivity contribution < 1.29 is 30.9 Å². The summed E-state index contributed by atoms with van der Waals surface area (Å²) in [6, 6.07) is 48.4. The molecule has 5 aromatic carbocycles. The molecule has 0 saturated heterocycles. The summed E-state index contributed by atoms with van der Waals surface area (Å²) in [5, 5.41) is 11.7. The van der Waals surface area contributed by atoms with Crippen molar-refractivity contribution in [2.75, 3.05) is 0 Å². The molecule has 0 amide bonds. The third-order valence-electron chi connectivity index (χ3n) is 10.6. The van der Waals surface area contributed by atoms with Gasteiger partial charge in [0.2, 0.25) is 0 Å². The number of benzene rings is 5. The van der Waals surface area contributed by atoms with Gasteiger partial charge in [-0.15, -0.1) is 36.4 Å². The summed E-state index contributed by atoms with van der Waals surface area (Å²) in [5.41, 5.74) is 9.91. The minimum absolute atomic E-state index is 0. The number of rotatable bonds is 3. The molecule has 2 nitrogen and oxygen atoms in total. The Kier molecular flexibility index (Phi) is 13.7. The Balaban J connectivity index is 0.000000192. The van der Waals surface area contributed by atoms with Crippen LogP contribution in [0.15, 0.2) is 152 Å². The molecule has 0 radical (unpaired) electrons. The zero-order valence-corrected chi connectivity index (χ0v) is 34.0. The van der Waals surface area contributed by atoms with E-state index in [9.17, 15) is 5.11 Å². The SMILES string of the molecule is Cc1cc(-c2ccccc2-c2ccccn2)c(O)c(C23CC4CC(CC(C4)C2)C3)c1.[CH2-]c1ccccc1.[CH2-]c1ccccc1.[CH2-]c1ccccc1.[Hf]. The van der Waals surface area contributed by atoms with Crippen LogP contribution < -0.4 is 0 Å². The van der Waals surface area contributed by atoms with Gasteiger partial charge in [-0.05, 0) is 97.9 Å². The van der Waals surface area contributed by atoms with Crippen molar-refractivity contribution in [1.29, 1.82) is 0 Å². The van der Waals surface area contributed by atoms with Crippen molar-refractivity contribution >= 4 is 0 Å². The van der Waals surface area contributed by atoms with Gasteiger partial charge >= 0.3 is 0 Å². The Bertz CT molecular complexity index is 1830. The maximum atomic E-state index is 11.7. The fraction of sp³-hybridized carbons (Fsp3) is 0.224. The third-order valence-corrected chi connectivity index (χ3v) is 10.6. The first kappa shape index (κ1) is 38.8. The molecule has 4 aliphatic carbocycles. The van der Waals surface area contributed by atoms with Crippen molar-refractivity contribution in [3.05, 3.63) is 200 Å². The average molecular weight is 847 g/mol. The van der Waals surface area contributed by atoms with Gasteiger partial charge in [0.1, 0.15) is 5.75 Å². The number of aryl methyl sites for hydroxylation is 1. The fourth-order valence-corrected chi connectivity index (χ4v) is 8.73. The van der Waals surface area contributed by atoms with Crippen molar-refractivity contribution in [2.24, 2.45) is 17.8 Å². The number of aromatic hydroxyl groups is 1. The van der Waals surface area contributed by atoms with Crippen LogP contribution in [0, 0.1) is 45.4 Å². The van der Waals surface area contributed by atoms with Crippen LogP contribution in [-0.2, 0) is 31.3 Å². The number of hydrogen-bond donors (Lipinski definition) is 1. The van der Waals surface area contributed by atoms with Crippen LogP contribution in [-0.4, -0.2) is 10.1 Å². The van der Waals surface area contributed by atoms with Gasteiger partial charge in [-0.3, -0.25) is 4.98 Å². The van der Waals surface area contributed by atoms with E-state index in [-0.39, 0.29) is 31.3 Å². The molecule has 1 heterocycles. The predicted molar refractivity (Wildman–Crippen MR) is 214 cm³/mol. The van der Waals surface area contributed by atoms with E-state index in [1.807, 2.05) is 115 Å². The van der Waals surface area contributed by atoms with Gasteiger partial charge < -0.3 is 5.11 Å². The first-order valence-corrected chi connectivity index (χ1v) is 18.3. The van der Waals surface area contributed by atoms with Gasteiger partial charge in [0.25, 0.3) is 0 Å². The minimum atomic E-state index is 0. The maximum absolute atomic E-state index is 11.7. The van der Waals surface area contributed by atoms with Gasteiger partial charge in [-0.25, -0.2) is 0 Å². The number of hydrogen-bond acceptors (Lipinski definition) is 2. The second kappa shape index (κ2) is 18.3. The second-order valence-electron chi connectivity index (χ2n) is 14.6. The summed E-state index contributed by atoms with van der Waals surface area (Å²) in [5.74, 6) is 3.09. The molecule has 0 spiro atoms. The fourth-order valence-electron chi connectivity index (χ4n) is 8.73. The summed E-state index contributed by atoms with van der Waals surface area (Å²) in [7, 11) is 0. The average Bonchev–Trinajstić information content (AvgIpc) is 3.14. The molecule has 0 atom stereocenters. The van der Waals surface area contributed by atoms with E-state index in [1.165, 1.54) is 49.7 Å². The Morgan fingerprint density at radius 1 is 0.538 bits per heavy atom. The van der Waals surface area contributed by atoms with Crippen molar-refractivity contribution in [3.8, 4) is 28.1 Å². The molecule has 0 unspecified atom stereocenters. The van der Waals surface area contributed by atoms with Gasteiger partial charge in [-0.2, -0.15) is 73.9 Å². The minimum Gasteiger partial charge on any atom is -0.507 e. The molecule has 4 saturated carbocycles. The van der Waals surface area contributed by atoms with Crippen molar-refractivity contribution in [3.63, 3.8) is 0 Å². The summed E-state index contributed by atoms with van der Waals surface area (Å²) in [6.45, 7) is 13.3. The molecule has 4 aliphatic rings. The van der Waals surface area contributed by atoms with E-state index in [1.54, 1.807) is 0 Å². The topological polar surface area (TPSA) is 33.1 Å². The summed E-state index contributed by atoms with van der Waals surface area (Å²) in [4.78, 5) is 4.58. The molecule has 264 valence electrons. The standard InChI is InChI=1S/C28H29NO.3C7H7.Hf/c1-18-10-24(22-6-2-3-7-23(22)26-8-4-5-9-29-26)27(30)25(11-18)28-15-19-12-20(16-28)14-21(13-19)17-28;3*1-7-5-3-2-4-6-7;/h2-11,19-21,30H,12-17H2,1H3;3*2-6H,1H2;/q;3*-1;. The Labute approximate surface area is 331 Å². The summed E-state index contributed by atoms with van der Waals surface area (Å²) >= 11 is 0. The number of pyridine rings is 1. The summed E-state index contributed by atoms with van der Waals surface area (Å²) in [6.07, 6.45) is 9.87. The van der Waals surface area contributed by atoms with Crippen LogP contribution in [0.1, 0.15) is 66.3 Å². The monoisotopic (exact) mass is 848 g/mol. The molecule has 1 N–H and O–H groups in total. The number of nitrogens with zero attached hydrogens (tertiary/aromatic N) is 1. The van der Waals surface area contributed by atoms with Gasteiger partial charge in [-0.1, -0.05) is 54.6 Å². The van der Waals surface area contributed by atoms with Crippen LogP contribution in [0.2, 0.25) is 0 Å². The van der Waals surface area contributed by atoms with Crippen molar-refractivity contribution in [1.82, 2.24) is 4.98 Å². The van der Waals surface area contributed by atoms with Crippen LogP contribution in [0.5, 0.6) is 5.75 Å². The van der Waals surface area contributed by atoms with E-state index in [4.69, 9.17) is 0 Å². The maximum Gasteiger partial charge on any atom is 0.127 e. The van der Waals surface area contributed by atoms with E-state index in [0.29, 0.717) is 5.75 Å². The second-order valence-corrected chi connectivity index (χ2v) is 14.6. The molecule has 0 aliphatic heterocycles. The molecular weight excluding hydrogens is 797 g/mol. The zero-order valence-electron chi connectivity index (χ0n) is 30.4. The van der Waals surface area contributed by atoms with E-state index < -0.39 is 0 Å². The Morgan fingerprint density at radius 3 is 1.37 bits per heavy atom. The first-order valence-electron chi connectivity index (χ1n) is 18.3. The zero-order chi connectivity index (χ0) is 35.6. The van der Waals surface area contributed by atoms with Crippen LogP contribution >= 0.6 is 0 Å². The van der Waals surface area contributed by atoms with Crippen LogP contribution in [0.25, 0.3) is 22.4 Å². The molecule has 4 fully saturated rings. The largest absolute Gasteiger partial charge is 0.507 e. The molecule has 1 aromatic heterocycles. The van der Waals surface area contributed by atoms with Crippen LogP contribution in [0.3, 0.4) is 0 Å². The Morgan fingerprint density at radius 2 is 0.962 bits per heavy atom. The molecule has 6 aromatic rings. The Hall–Kier alpha value is -4.47. The quantitative estimate of drug-likeness (QED) is 0.142. The number of aromatic nitrogens is 1. The van der Waals surface area contributed by atoms with E-state index >= 15 is 0 Å². The normalized spacial score (nSPS) is 20.4. The van der Waals surface area contributed by atoms with Gasteiger partial charge in [0, 0.05) is 48.7 Å². The van der Waals surface area contributed by atoms with E-state index in [0.717, 1.165) is 56.8 Å².